The van der Waals surface area contributed by atoms with Crippen molar-refractivity contribution in [3.05, 3.63) is 30.6 Å². The molecule has 10 nitrogen and oxygen atoms in total. The van der Waals surface area contributed by atoms with Crippen molar-refractivity contribution >= 4 is 23.0 Å². The molecule has 2 aromatic heterocycles. The smallest absolute Gasteiger partial charge is 0.243 e. The van der Waals surface area contributed by atoms with Crippen molar-refractivity contribution in [2.75, 3.05) is 37.8 Å². The van der Waals surface area contributed by atoms with Crippen LogP contribution in [-0.4, -0.2) is 63.5 Å². The zero-order valence-corrected chi connectivity index (χ0v) is 19.0. The summed E-state index contributed by atoms with van der Waals surface area (Å²) >= 11 is 0. The van der Waals surface area contributed by atoms with Gasteiger partial charge in [0.15, 0.2) is 5.65 Å². The summed E-state index contributed by atoms with van der Waals surface area (Å²) in [6, 6.07) is 8.01. The van der Waals surface area contributed by atoms with Crippen LogP contribution in [0, 0.1) is 0 Å². The number of carbonyl (C=O) groups excluding carboxylic acids is 1. The standard InChI is InChI=1S/C23H30N6O4/c1-16(2)29-15-24-21-20(25-23(26-22(21)29)28-9-12-32-13-10-28)17-6-5-7-18(14-17)33-11-4-3-8-19(30)27-31/h5-7,14-16,31H,3-4,8-13H2,1-2H3,(H,27,30). The largest absolute Gasteiger partial charge is 0.494 e. The quantitative estimate of drug-likeness (QED) is 0.288. The molecule has 1 saturated heterocycles. The molecule has 2 N–H and O–H groups in total. The molecular formula is C23H30N6O4. The second-order valence-electron chi connectivity index (χ2n) is 8.26. The number of carbonyl (C=O) groups is 1. The van der Waals surface area contributed by atoms with E-state index in [1.807, 2.05) is 30.6 Å². The van der Waals surface area contributed by atoms with Gasteiger partial charge in [0.1, 0.15) is 17.0 Å². The molecule has 0 radical (unpaired) electrons. The van der Waals surface area contributed by atoms with Gasteiger partial charge in [0.05, 0.1) is 26.1 Å². The average Bonchev–Trinajstić information content (AvgIpc) is 3.28. The number of aromatic nitrogens is 4. The minimum Gasteiger partial charge on any atom is -0.494 e. The lowest BCUT2D eigenvalue weighted by molar-refractivity contribution is -0.129. The van der Waals surface area contributed by atoms with Gasteiger partial charge in [0.25, 0.3) is 0 Å². The summed E-state index contributed by atoms with van der Waals surface area (Å²) in [5.41, 5.74) is 4.88. The van der Waals surface area contributed by atoms with Crippen molar-refractivity contribution in [2.45, 2.75) is 39.2 Å². The van der Waals surface area contributed by atoms with Gasteiger partial charge in [0.2, 0.25) is 11.9 Å². The molecule has 1 aliphatic rings. The summed E-state index contributed by atoms with van der Waals surface area (Å²) in [7, 11) is 0. The van der Waals surface area contributed by atoms with E-state index in [-0.39, 0.29) is 18.4 Å². The highest BCUT2D eigenvalue weighted by atomic mass is 16.5. The van der Waals surface area contributed by atoms with Crippen molar-refractivity contribution < 1.29 is 19.5 Å². The zero-order valence-electron chi connectivity index (χ0n) is 19.0. The Morgan fingerprint density at radius 3 is 2.82 bits per heavy atom. The molecule has 3 heterocycles. The fraction of sp³-hybridized carbons (Fsp3) is 0.478. The lowest BCUT2D eigenvalue weighted by Gasteiger charge is -2.27. The van der Waals surface area contributed by atoms with Crippen LogP contribution in [0.1, 0.15) is 39.2 Å². The molecule has 176 valence electrons. The minimum absolute atomic E-state index is 0.220. The van der Waals surface area contributed by atoms with Gasteiger partial charge in [-0.2, -0.15) is 4.98 Å². The fourth-order valence-electron chi connectivity index (χ4n) is 3.76. The van der Waals surface area contributed by atoms with E-state index in [4.69, 9.17) is 24.6 Å². The summed E-state index contributed by atoms with van der Waals surface area (Å²) in [6.07, 6.45) is 3.42. The van der Waals surface area contributed by atoms with Crippen LogP contribution >= 0.6 is 0 Å². The van der Waals surface area contributed by atoms with E-state index < -0.39 is 0 Å². The molecule has 0 atom stereocenters. The Labute approximate surface area is 192 Å². The summed E-state index contributed by atoms with van der Waals surface area (Å²) < 4.78 is 13.5. The molecule has 1 aromatic carbocycles. The molecule has 1 aliphatic heterocycles. The van der Waals surface area contributed by atoms with Crippen molar-refractivity contribution in [1.29, 1.82) is 0 Å². The van der Waals surface area contributed by atoms with Crippen LogP contribution in [0.3, 0.4) is 0 Å². The van der Waals surface area contributed by atoms with E-state index in [1.165, 1.54) is 0 Å². The summed E-state index contributed by atoms with van der Waals surface area (Å²) in [5.74, 6) is 1.01. The van der Waals surface area contributed by atoms with E-state index in [9.17, 15) is 4.79 Å². The predicted molar refractivity (Wildman–Crippen MR) is 123 cm³/mol. The van der Waals surface area contributed by atoms with Gasteiger partial charge in [-0.15, -0.1) is 0 Å². The number of nitrogens with zero attached hydrogens (tertiary/aromatic N) is 5. The summed E-state index contributed by atoms with van der Waals surface area (Å²) in [5, 5.41) is 8.56. The second kappa shape index (κ2) is 10.6. The monoisotopic (exact) mass is 454 g/mol. The molecule has 4 rings (SSSR count). The van der Waals surface area contributed by atoms with Crippen LogP contribution in [0.5, 0.6) is 5.75 Å². The lowest BCUT2D eigenvalue weighted by Crippen LogP contribution is -2.37. The number of imidazole rings is 1. The number of amides is 1. The first-order valence-corrected chi connectivity index (χ1v) is 11.3. The van der Waals surface area contributed by atoms with Gasteiger partial charge >= 0.3 is 0 Å². The highest BCUT2D eigenvalue weighted by Crippen LogP contribution is 2.31. The summed E-state index contributed by atoms with van der Waals surface area (Å²) in [4.78, 5) is 27.7. The van der Waals surface area contributed by atoms with Gasteiger partial charge in [-0.05, 0) is 38.8 Å². The van der Waals surface area contributed by atoms with E-state index >= 15 is 0 Å². The Hall–Kier alpha value is -3.24. The SMILES string of the molecule is CC(C)n1cnc2c(-c3cccc(OCCCCC(=O)NO)c3)nc(N3CCOCC3)nc21. The van der Waals surface area contributed by atoms with E-state index in [0.717, 1.165) is 41.3 Å². The average molecular weight is 455 g/mol. The molecule has 0 unspecified atom stereocenters. The number of fused-ring (bicyclic) bond motifs is 1. The van der Waals surface area contributed by atoms with Crippen LogP contribution in [0.2, 0.25) is 0 Å². The normalized spacial score (nSPS) is 14.1. The number of nitrogens with one attached hydrogen (secondary N) is 1. The number of hydroxylamine groups is 1. The van der Waals surface area contributed by atoms with Crippen molar-refractivity contribution in [3.8, 4) is 17.0 Å². The number of ether oxygens (including phenoxy) is 2. The highest BCUT2D eigenvalue weighted by molar-refractivity contribution is 5.88. The van der Waals surface area contributed by atoms with Crippen molar-refractivity contribution in [2.24, 2.45) is 0 Å². The maximum Gasteiger partial charge on any atom is 0.243 e. The van der Waals surface area contributed by atoms with Crippen molar-refractivity contribution in [3.63, 3.8) is 0 Å². The van der Waals surface area contributed by atoms with E-state index in [1.54, 1.807) is 5.48 Å². The Bertz CT molecular complexity index is 1090. The molecule has 10 heteroatoms. The molecule has 0 spiro atoms. The highest BCUT2D eigenvalue weighted by Gasteiger charge is 2.21. The van der Waals surface area contributed by atoms with Gasteiger partial charge in [0, 0.05) is 31.1 Å². The molecule has 33 heavy (non-hydrogen) atoms. The van der Waals surface area contributed by atoms with E-state index in [0.29, 0.717) is 38.6 Å². The Kier molecular flexibility index (Phi) is 7.36. The molecule has 0 aliphatic carbocycles. The van der Waals surface area contributed by atoms with Gasteiger partial charge in [-0.1, -0.05) is 12.1 Å². The molecule has 0 bridgehead atoms. The fourth-order valence-corrected chi connectivity index (χ4v) is 3.76. The van der Waals surface area contributed by atoms with Crippen LogP contribution in [0.15, 0.2) is 30.6 Å². The number of anilines is 1. The minimum atomic E-state index is -0.387. The predicted octanol–water partition coefficient (Wildman–Crippen LogP) is 2.97. The molecule has 1 fully saturated rings. The van der Waals surface area contributed by atoms with Crippen LogP contribution in [-0.2, 0) is 9.53 Å². The third-order valence-corrected chi connectivity index (χ3v) is 5.56. The van der Waals surface area contributed by atoms with Gasteiger partial charge < -0.3 is 18.9 Å². The number of hydrogen-bond acceptors (Lipinski definition) is 8. The summed E-state index contributed by atoms with van der Waals surface area (Å²) in [6.45, 7) is 7.50. The van der Waals surface area contributed by atoms with Crippen molar-refractivity contribution in [1.82, 2.24) is 25.0 Å². The third-order valence-electron chi connectivity index (χ3n) is 5.56. The Morgan fingerprint density at radius 1 is 1.24 bits per heavy atom. The second-order valence-corrected chi connectivity index (χ2v) is 8.26. The number of unbranched alkanes of at least 4 members (excludes halogenated alkanes) is 1. The number of hydrogen-bond donors (Lipinski definition) is 2. The molecule has 1 amide bonds. The molecular weight excluding hydrogens is 424 g/mol. The zero-order chi connectivity index (χ0) is 23.2. The van der Waals surface area contributed by atoms with Crippen LogP contribution < -0.4 is 15.1 Å². The van der Waals surface area contributed by atoms with Crippen LogP contribution in [0.25, 0.3) is 22.4 Å². The lowest BCUT2D eigenvalue weighted by atomic mass is 10.1. The third kappa shape index (κ3) is 5.40. The topological polar surface area (TPSA) is 115 Å². The molecule has 0 saturated carbocycles. The maximum atomic E-state index is 11.1. The van der Waals surface area contributed by atoms with Gasteiger partial charge in [-0.3, -0.25) is 10.0 Å². The molecule has 3 aromatic rings. The number of morpholine rings is 1. The van der Waals surface area contributed by atoms with Gasteiger partial charge in [-0.25, -0.2) is 15.4 Å². The first kappa shape index (κ1) is 22.9. The van der Waals surface area contributed by atoms with E-state index in [2.05, 4.69) is 28.3 Å². The Morgan fingerprint density at radius 2 is 2.06 bits per heavy atom. The first-order valence-electron chi connectivity index (χ1n) is 11.3. The maximum absolute atomic E-state index is 11.1. The Balaban J connectivity index is 1.60. The number of benzene rings is 1. The number of rotatable bonds is 9. The van der Waals surface area contributed by atoms with Crippen LogP contribution in [0.4, 0.5) is 5.95 Å². The first-order chi connectivity index (χ1) is 16.1.